The van der Waals surface area contributed by atoms with Crippen LogP contribution in [0.4, 0.5) is 13.2 Å². The number of benzene rings is 2. The Balaban J connectivity index is 1.88. The van der Waals surface area contributed by atoms with Crippen LogP contribution in [0, 0.1) is 0 Å². The highest BCUT2D eigenvalue weighted by Gasteiger charge is 2.32. The van der Waals surface area contributed by atoms with Gasteiger partial charge in [-0.1, -0.05) is 35.3 Å². The van der Waals surface area contributed by atoms with Crippen molar-refractivity contribution in [2.45, 2.75) is 11.1 Å². The number of hydrogen-bond acceptors (Lipinski definition) is 7. The van der Waals surface area contributed by atoms with Crippen LogP contribution in [-0.2, 0) is 25.7 Å². The largest absolute Gasteiger partial charge is 0.491 e. The molecule has 1 amide bonds. The van der Waals surface area contributed by atoms with Crippen molar-refractivity contribution in [3.63, 3.8) is 0 Å². The van der Waals surface area contributed by atoms with E-state index in [1.54, 1.807) is 0 Å². The fourth-order valence-corrected chi connectivity index (χ4v) is 4.55. The van der Waals surface area contributed by atoms with Gasteiger partial charge in [-0.3, -0.25) is 4.79 Å². The molecule has 1 heterocycles. The number of methoxy groups -OCH3 is 1. The maximum Gasteiger partial charge on any atom is 0.417 e. The Morgan fingerprint density at radius 1 is 1.08 bits per heavy atom. The third-order valence-electron chi connectivity index (χ3n) is 4.66. The third kappa shape index (κ3) is 7.84. The highest BCUT2D eigenvalue weighted by molar-refractivity contribution is 7.90. The van der Waals surface area contributed by atoms with Crippen molar-refractivity contribution >= 4 is 45.2 Å². The summed E-state index contributed by atoms with van der Waals surface area (Å²) in [6.45, 7) is 0.469. The first-order valence-electron chi connectivity index (χ1n) is 10.6. The minimum atomic E-state index is -4.66. The van der Waals surface area contributed by atoms with Crippen molar-refractivity contribution in [1.82, 2.24) is 9.71 Å². The molecular formula is C24H19Cl2F3N2O6S. The molecule has 1 aromatic heterocycles. The predicted octanol–water partition coefficient (Wildman–Crippen LogP) is 5.74. The standard InChI is InChI=1S/C24H19Cl2F3N2O6S/c1-35-10-11-36-17-8-6-15(7-9-22(32)31-38(33,34)21-5-3-2-4-18(21)25)20(13-17)37-23-19(26)12-16(14-30-23)24(27,28)29/h2-9,12-14H,10-11H2,1H3,(H,31,32)/b9-7+. The monoisotopic (exact) mass is 590 g/mol. The molecular weight excluding hydrogens is 572 g/mol. The molecule has 0 bridgehead atoms. The zero-order chi connectivity index (χ0) is 27.9. The zero-order valence-corrected chi connectivity index (χ0v) is 21.8. The first-order chi connectivity index (χ1) is 17.9. The number of rotatable bonds is 10. The molecule has 0 fully saturated rings. The normalized spacial score (nSPS) is 11.9. The fraction of sp³-hybridized carbons (Fsp3) is 0.167. The summed E-state index contributed by atoms with van der Waals surface area (Å²) in [4.78, 5) is 15.7. The summed E-state index contributed by atoms with van der Waals surface area (Å²) in [7, 11) is -2.77. The third-order valence-corrected chi connectivity index (χ3v) is 6.78. The van der Waals surface area contributed by atoms with Gasteiger partial charge in [0.1, 0.15) is 28.0 Å². The van der Waals surface area contributed by atoms with Crippen molar-refractivity contribution in [3.05, 3.63) is 82.0 Å². The molecule has 0 aliphatic rings. The van der Waals surface area contributed by atoms with Gasteiger partial charge in [-0.2, -0.15) is 13.2 Å². The maximum absolute atomic E-state index is 13.0. The second-order valence-electron chi connectivity index (χ2n) is 7.39. The Hall–Kier alpha value is -3.32. The molecule has 3 aromatic rings. The van der Waals surface area contributed by atoms with Gasteiger partial charge in [0.2, 0.25) is 5.88 Å². The minimum Gasteiger partial charge on any atom is -0.491 e. The lowest BCUT2D eigenvalue weighted by Crippen LogP contribution is -2.29. The minimum absolute atomic E-state index is 0.00656. The van der Waals surface area contributed by atoms with Crippen LogP contribution in [0.25, 0.3) is 6.08 Å². The molecule has 0 aliphatic heterocycles. The average molecular weight is 591 g/mol. The van der Waals surface area contributed by atoms with Gasteiger partial charge in [-0.05, 0) is 36.4 Å². The van der Waals surface area contributed by atoms with E-state index in [1.807, 2.05) is 4.72 Å². The van der Waals surface area contributed by atoms with Crippen molar-refractivity contribution in [2.75, 3.05) is 20.3 Å². The van der Waals surface area contributed by atoms with Crippen molar-refractivity contribution < 1.29 is 40.6 Å². The van der Waals surface area contributed by atoms with Crippen molar-refractivity contribution in [3.8, 4) is 17.4 Å². The molecule has 2 aromatic carbocycles. The average Bonchev–Trinajstić information content (AvgIpc) is 2.84. The molecule has 0 aliphatic carbocycles. The van der Waals surface area contributed by atoms with Crippen LogP contribution < -0.4 is 14.2 Å². The zero-order valence-electron chi connectivity index (χ0n) is 19.5. The lowest BCUT2D eigenvalue weighted by molar-refractivity contribution is -0.137. The number of aromatic nitrogens is 1. The van der Waals surface area contributed by atoms with E-state index >= 15 is 0 Å². The molecule has 3 rings (SSSR count). The van der Waals surface area contributed by atoms with E-state index < -0.39 is 32.7 Å². The van der Waals surface area contributed by atoms with E-state index in [9.17, 15) is 26.4 Å². The van der Waals surface area contributed by atoms with E-state index in [0.29, 0.717) is 18.0 Å². The molecule has 38 heavy (non-hydrogen) atoms. The van der Waals surface area contributed by atoms with Crippen LogP contribution in [0.1, 0.15) is 11.1 Å². The molecule has 8 nitrogen and oxygen atoms in total. The maximum atomic E-state index is 13.0. The number of halogens is 5. The van der Waals surface area contributed by atoms with Crippen LogP contribution in [0.15, 0.2) is 65.7 Å². The second-order valence-corrected chi connectivity index (χ2v) is 9.85. The number of carbonyl (C=O) groups is 1. The number of sulfonamides is 1. The molecule has 0 saturated carbocycles. The highest BCUT2D eigenvalue weighted by Crippen LogP contribution is 2.36. The van der Waals surface area contributed by atoms with Gasteiger partial charge in [0.25, 0.3) is 15.9 Å². The van der Waals surface area contributed by atoms with Crippen molar-refractivity contribution in [2.24, 2.45) is 0 Å². The molecule has 14 heteroatoms. The quantitative estimate of drug-likeness (QED) is 0.237. The van der Waals surface area contributed by atoms with E-state index in [2.05, 4.69) is 4.98 Å². The smallest absolute Gasteiger partial charge is 0.417 e. The summed E-state index contributed by atoms with van der Waals surface area (Å²) in [5, 5.41) is -0.485. The first-order valence-corrected chi connectivity index (χ1v) is 12.8. The Morgan fingerprint density at radius 2 is 1.82 bits per heavy atom. The molecule has 0 spiro atoms. The molecule has 202 valence electrons. The van der Waals surface area contributed by atoms with Crippen LogP contribution in [0.2, 0.25) is 10.0 Å². The van der Waals surface area contributed by atoms with Gasteiger partial charge < -0.3 is 14.2 Å². The second kappa shape index (κ2) is 12.5. The number of nitrogens with one attached hydrogen (secondary N) is 1. The number of ether oxygens (including phenoxy) is 3. The van der Waals surface area contributed by atoms with Gasteiger partial charge in [0.05, 0.1) is 17.2 Å². The van der Waals surface area contributed by atoms with Gasteiger partial charge in [0, 0.05) is 31.0 Å². The highest BCUT2D eigenvalue weighted by atomic mass is 35.5. The van der Waals surface area contributed by atoms with Gasteiger partial charge in [-0.15, -0.1) is 0 Å². The molecule has 0 saturated heterocycles. The molecule has 0 radical (unpaired) electrons. The van der Waals surface area contributed by atoms with Gasteiger partial charge in [-0.25, -0.2) is 18.1 Å². The lowest BCUT2D eigenvalue weighted by Gasteiger charge is -2.13. The van der Waals surface area contributed by atoms with Crippen LogP contribution >= 0.6 is 23.2 Å². The van der Waals surface area contributed by atoms with Gasteiger partial charge in [0.15, 0.2) is 0 Å². The van der Waals surface area contributed by atoms with Crippen LogP contribution in [0.5, 0.6) is 17.4 Å². The molecule has 0 atom stereocenters. The number of amides is 1. The molecule has 1 N–H and O–H groups in total. The lowest BCUT2D eigenvalue weighted by atomic mass is 10.1. The Bertz CT molecular complexity index is 1450. The van der Waals surface area contributed by atoms with Crippen LogP contribution in [0.3, 0.4) is 0 Å². The summed E-state index contributed by atoms with van der Waals surface area (Å²) in [5.74, 6) is -1.02. The molecule has 0 unspecified atom stereocenters. The Morgan fingerprint density at radius 3 is 2.47 bits per heavy atom. The van der Waals surface area contributed by atoms with Crippen LogP contribution in [-0.4, -0.2) is 39.6 Å². The first kappa shape index (κ1) is 29.2. The summed E-state index contributed by atoms with van der Waals surface area (Å²) < 4.78 is 81.8. The Labute approximate surface area is 226 Å². The Kier molecular flexibility index (Phi) is 9.60. The van der Waals surface area contributed by atoms with E-state index in [4.69, 9.17) is 37.4 Å². The number of nitrogens with zero attached hydrogens (tertiary/aromatic N) is 1. The summed E-state index contributed by atoms with van der Waals surface area (Å²) in [5.41, 5.74) is -0.838. The van der Waals surface area contributed by atoms with E-state index in [1.165, 1.54) is 55.7 Å². The van der Waals surface area contributed by atoms with Crippen molar-refractivity contribution in [1.29, 1.82) is 0 Å². The van der Waals surface area contributed by atoms with E-state index in [0.717, 1.165) is 6.08 Å². The number of carbonyl (C=O) groups excluding carboxylic acids is 1. The number of hydrogen-bond donors (Lipinski definition) is 1. The summed E-state index contributed by atoms with van der Waals surface area (Å²) >= 11 is 11.9. The topological polar surface area (TPSA) is 104 Å². The van der Waals surface area contributed by atoms with E-state index in [-0.39, 0.29) is 40.3 Å². The predicted molar refractivity (Wildman–Crippen MR) is 134 cm³/mol. The fourth-order valence-electron chi connectivity index (χ4n) is 2.88. The number of alkyl halides is 3. The summed E-state index contributed by atoms with van der Waals surface area (Å²) in [6, 6.07) is 10.6. The SMILES string of the molecule is COCCOc1ccc(/C=C/C(=O)NS(=O)(=O)c2ccccc2Cl)c(Oc2ncc(C(F)(F)F)cc2Cl)c1. The summed E-state index contributed by atoms with van der Waals surface area (Å²) in [6.07, 6.45) is -1.95. The number of pyridine rings is 1. The van der Waals surface area contributed by atoms with Gasteiger partial charge >= 0.3 is 6.18 Å².